The van der Waals surface area contributed by atoms with Crippen molar-refractivity contribution >= 4 is 28.9 Å². The molecule has 0 radical (unpaired) electrons. The van der Waals surface area contributed by atoms with Crippen molar-refractivity contribution in [1.82, 2.24) is 29.4 Å². The number of nitrogens with zero attached hydrogens (tertiary/aromatic N) is 5. The first-order valence-electron chi connectivity index (χ1n) is 5.69. The number of fused-ring (bicyclic) bond motifs is 3. The third-order valence-corrected chi connectivity index (χ3v) is 3.27. The predicted octanol–water partition coefficient (Wildman–Crippen LogP) is 2.13. The fourth-order valence-electron chi connectivity index (χ4n) is 2.10. The molecule has 1 aromatic carbocycles. The quantitative estimate of drug-likeness (QED) is 0.537. The van der Waals surface area contributed by atoms with E-state index in [0.29, 0.717) is 4.77 Å². The third kappa shape index (κ3) is 1.42. The average molecular weight is 268 g/mol. The molecule has 0 aliphatic carbocycles. The van der Waals surface area contributed by atoms with Gasteiger partial charge in [-0.15, -0.1) is 0 Å². The molecule has 0 atom stereocenters. The van der Waals surface area contributed by atoms with E-state index in [0.717, 1.165) is 22.4 Å². The number of nitrogens with one attached hydrogen (secondary N) is 1. The molecular formula is C12H8N6S. The van der Waals surface area contributed by atoms with Crippen LogP contribution in [0.15, 0.2) is 42.9 Å². The van der Waals surface area contributed by atoms with Gasteiger partial charge in [0.2, 0.25) is 4.77 Å². The van der Waals surface area contributed by atoms with Gasteiger partial charge in [-0.25, -0.2) is 9.67 Å². The van der Waals surface area contributed by atoms with Crippen molar-refractivity contribution in [3.8, 4) is 5.69 Å². The number of para-hydroxylation sites is 1. The fraction of sp³-hybridized carbons (Fsp3) is 0. The molecule has 0 aliphatic rings. The van der Waals surface area contributed by atoms with Gasteiger partial charge in [0.1, 0.15) is 6.33 Å². The Morgan fingerprint density at radius 1 is 1.11 bits per heavy atom. The van der Waals surface area contributed by atoms with Crippen LogP contribution in [0.5, 0.6) is 0 Å². The van der Waals surface area contributed by atoms with Crippen LogP contribution in [-0.4, -0.2) is 29.4 Å². The second-order valence-electron chi connectivity index (χ2n) is 4.10. The topological polar surface area (TPSA) is 63.8 Å². The molecule has 0 amide bonds. The van der Waals surface area contributed by atoms with Gasteiger partial charge in [-0.05, 0) is 24.4 Å². The largest absolute Gasteiger partial charge is 0.258 e. The lowest BCUT2D eigenvalue weighted by molar-refractivity contribution is 0.893. The van der Waals surface area contributed by atoms with Crippen molar-refractivity contribution in [3.05, 3.63) is 47.6 Å². The van der Waals surface area contributed by atoms with Crippen molar-refractivity contribution in [3.63, 3.8) is 0 Å². The third-order valence-electron chi connectivity index (χ3n) is 2.99. The van der Waals surface area contributed by atoms with Crippen LogP contribution < -0.4 is 0 Å². The van der Waals surface area contributed by atoms with Gasteiger partial charge >= 0.3 is 0 Å². The van der Waals surface area contributed by atoms with Crippen molar-refractivity contribution in [1.29, 1.82) is 0 Å². The number of aromatic nitrogens is 6. The minimum absolute atomic E-state index is 0.525. The molecule has 92 valence electrons. The smallest absolute Gasteiger partial charge is 0.200 e. The molecule has 0 unspecified atom stereocenters. The zero-order valence-corrected chi connectivity index (χ0v) is 10.5. The summed E-state index contributed by atoms with van der Waals surface area (Å²) >= 11 is 5.13. The number of hydrogen-bond donors (Lipinski definition) is 1. The first-order chi connectivity index (χ1) is 9.34. The summed E-state index contributed by atoms with van der Waals surface area (Å²) < 4.78 is 4.04. The molecule has 0 fully saturated rings. The molecule has 1 N–H and O–H groups in total. The Bertz CT molecular complexity index is 933. The Morgan fingerprint density at radius 2 is 1.95 bits per heavy atom. The fourth-order valence-corrected chi connectivity index (χ4v) is 2.28. The van der Waals surface area contributed by atoms with Crippen LogP contribution in [0.25, 0.3) is 22.4 Å². The second-order valence-corrected chi connectivity index (χ2v) is 4.48. The van der Waals surface area contributed by atoms with E-state index in [1.54, 1.807) is 21.6 Å². The van der Waals surface area contributed by atoms with Crippen molar-refractivity contribution < 1.29 is 0 Å². The first-order valence-corrected chi connectivity index (χ1v) is 6.10. The highest BCUT2D eigenvalue weighted by molar-refractivity contribution is 7.71. The van der Waals surface area contributed by atoms with E-state index >= 15 is 0 Å². The minimum atomic E-state index is 0.525. The number of hydrogen-bond acceptors (Lipinski definition) is 4. The number of benzene rings is 1. The van der Waals surface area contributed by atoms with E-state index in [1.807, 2.05) is 30.3 Å². The van der Waals surface area contributed by atoms with Crippen LogP contribution in [-0.2, 0) is 0 Å². The van der Waals surface area contributed by atoms with Crippen LogP contribution >= 0.6 is 12.2 Å². The maximum atomic E-state index is 5.13. The summed E-state index contributed by atoms with van der Waals surface area (Å²) in [5.74, 6) is 0. The minimum Gasteiger partial charge on any atom is -0.258 e. The van der Waals surface area contributed by atoms with E-state index in [-0.39, 0.29) is 0 Å². The molecule has 7 heteroatoms. The standard InChI is InChI=1S/C12H8N6S/c19-12-16-15-11-9-6-14-18(8-4-2-1-3-5-8)10(9)13-7-17(11)12/h1-7H,(H,16,19). The zero-order valence-electron chi connectivity index (χ0n) is 9.69. The van der Waals surface area contributed by atoms with E-state index < -0.39 is 0 Å². The molecule has 0 saturated heterocycles. The summed E-state index contributed by atoms with van der Waals surface area (Å²) in [7, 11) is 0. The Labute approximate surface area is 112 Å². The summed E-state index contributed by atoms with van der Waals surface area (Å²) in [5, 5.41) is 12.2. The van der Waals surface area contributed by atoms with Crippen LogP contribution in [0.1, 0.15) is 0 Å². The zero-order chi connectivity index (χ0) is 12.8. The summed E-state index contributed by atoms with van der Waals surface area (Å²) in [5.41, 5.74) is 2.45. The van der Waals surface area contributed by atoms with E-state index in [4.69, 9.17) is 12.2 Å². The van der Waals surface area contributed by atoms with Gasteiger partial charge in [0.05, 0.1) is 17.3 Å². The lowest BCUT2D eigenvalue weighted by atomic mass is 10.3. The highest BCUT2D eigenvalue weighted by Crippen LogP contribution is 2.19. The van der Waals surface area contributed by atoms with Crippen molar-refractivity contribution in [2.24, 2.45) is 0 Å². The average Bonchev–Trinajstić information content (AvgIpc) is 3.03. The van der Waals surface area contributed by atoms with E-state index in [1.165, 1.54) is 0 Å². The summed E-state index contributed by atoms with van der Waals surface area (Å²) in [6, 6.07) is 9.86. The monoisotopic (exact) mass is 268 g/mol. The molecule has 0 spiro atoms. The molecule has 3 heterocycles. The van der Waals surface area contributed by atoms with Gasteiger partial charge in [0.25, 0.3) is 0 Å². The maximum Gasteiger partial charge on any atom is 0.200 e. The first kappa shape index (κ1) is 10.4. The Kier molecular flexibility index (Phi) is 2.04. The molecular weight excluding hydrogens is 260 g/mol. The van der Waals surface area contributed by atoms with E-state index in [2.05, 4.69) is 20.3 Å². The lowest BCUT2D eigenvalue weighted by Crippen LogP contribution is -1.98. The number of H-pyrrole nitrogens is 1. The molecule has 0 bridgehead atoms. The SMILES string of the molecule is S=c1[nH]nc2c3cnn(-c4ccccc4)c3ncn12. The van der Waals surface area contributed by atoms with Gasteiger partial charge in [-0.3, -0.25) is 9.50 Å². The van der Waals surface area contributed by atoms with Gasteiger partial charge in [-0.2, -0.15) is 10.2 Å². The highest BCUT2D eigenvalue weighted by Gasteiger charge is 2.11. The normalized spacial score (nSPS) is 11.4. The van der Waals surface area contributed by atoms with Crippen molar-refractivity contribution in [2.75, 3.05) is 0 Å². The molecule has 4 aromatic rings. The molecule has 0 aliphatic heterocycles. The van der Waals surface area contributed by atoms with Gasteiger partial charge in [0, 0.05) is 0 Å². The lowest BCUT2D eigenvalue weighted by Gasteiger charge is -2.01. The van der Waals surface area contributed by atoms with Crippen LogP contribution in [0.2, 0.25) is 0 Å². The van der Waals surface area contributed by atoms with E-state index in [9.17, 15) is 0 Å². The van der Waals surface area contributed by atoms with Gasteiger partial charge < -0.3 is 0 Å². The Hall–Kier alpha value is -2.54. The molecule has 6 nitrogen and oxygen atoms in total. The molecule has 3 aromatic heterocycles. The van der Waals surface area contributed by atoms with Gasteiger partial charge in [0.15, 0.2) is 11.3 Å². The number of aromatic amines is 1. The predicted molar refractivity (Wildman–Crippen MR) is 72.8 cm³/mol. The number of rotatable bonds is 1. The van der Waals surface area contributed by atoms with Crippen LogP contribution in [0.4, 0.5) is 0 Å². The summed E-state index contributed by atoms with van der Waals surface area (Å²) in [6.45, 7) is 0. The second kappa shape index (κ2) is 3.72. The van der Waals surface area contributed by atoms with Crippen LogP contribution in [0.3, 0.4) is 0 Å². The highest BCUT2D eigenvalue weighted by atomic mass is 32.1. The summed E-state index contributed by atoms with van der Waals surface area (Å²) in [6.07, 6.45) is 3.41. The molecule has 19 heavy (non-hydrogen) atoms. The Balaban J connectivity index is 2.10. The van der Waals surface area contributed by atoms with Crippen LogP contribution in [0, 0.1) is 4.77 Å². The van der Waals surface area contributed by atoms with Crippen molar-refractivity contribution in [2.45, 2.75) is 0 Å². The maximum absolute atomic E-state index is 5.13. The molecule has 0 saturated carbocycles. The summed E-state index contributed by atoms with van der Waals surface area (Å²) in [4.78, 5) is 4.42. The van der Waals surface area contributed by atoms with Gasteiger partial charge in [-0.1, -0.05) is 18.2 Å². The Morgan fingerprint density at radius 3 is 2.79 bits per heavy atom. The molecule has 4 rings (SSSR count).